The van der Waals surface area contributed by atoms with E-state index in [4.69, 9.17) is 19.2 Å². The number of halogens is 1. The van der Waals surface area contributed by atoms with Gasteiger partial charge in [-0.15, -0.1) is 0 Å². The molecule has 2 atom stereocenters. The minimum absolute atomic E-state index is 0.158. The first-order valence-corrected chi connectivity index (χ1v) is 16.5. The van der Waals surface area contributed by atoms with Crippen LogP contribution in [0.5, 0.6) is 5.75 Å². The molecule has 0 amide bonds. The first-order valence-electron chi connectivity index (χ1n) is 16.5. The minimum atomic E-state index is -1.01. The molecule has 1 unspecified atom stereocenters. The molecule has 0 radical (unpaired) electrons. The Morgan fingerprint density at radius 1 is 1.13 bits per heavy atom. The molecule has 1 aromatic heterocycles. The third-order valence-electron chi connectivity index (χ3n) is 8.89. The summed E-state index contributed by atoms with van der Waals surface area (Å²) in [6.07, 6.45) is 2.00. The molecule has 0 saturated carbocycles. The fourth-order valence-corrected chi connectivity index (χ4v) is 6.49. The number of aliphatic hydroxyl groups excluding tert-OH is 1. The van der Waals surface area contributed by atoms with Crippen LogP contribution in [-0.2, 0) is 27.3 Å². The largest absolute Gasteiger partial charge is 0.485 e. The van der Waals surface area contributed by atoms with Crippen molar-refractivity contribution in [2.45, 2.75) is 112 Å². The number of carbonyl (C=O) groups is 1. The molecule has 1 N–H and O–H groups in total. The molecule has 5 rings (SSSR count). The number of pyridine rings is 1. The number of carbonyl (C=O) groups excluding carboxylic acids is 1. The lowest BCUT2D eigenvalue weighted by atomic mass is 9.81. The van der Waals surface area contributed by atoms with Crippen LogP contribution in [0.15, 0.2) is 42.5 Å². The van der Waals surface area contributed by atoms with Gasteiger partial charge < -0.3 is 24.2 Å². The predicted molar refractivity (Wildman–Crippen MR) is 178 cm³/mol. The summed E-state index contributed by atoms with van der Waals surface area (Å²) in [7, 11) is 0. The average Bonchev–Trinajstić information content (AvgIpc) is 2.98. The van der Waals surface area contributed by atoms with Gasteiger partial charge >= 0.3 is 5.97 Å². The van der Waals surface area contributed by atoms with Crippen molar-refractivity contribution in [2.24, 2.45) is 5.41 Å². The first kappa shape index (κ1) is 33.9. The highest BCUT2D eigenvalue weighted by atomic mass is 19.1. The highest BCUT2D eigenvalue weighted by Crippen LogP contribution is 2.47. The molecule has 8 heteroatoms. The van der Waals surface area contributed by atoms with Crippen molar-refractivity contribution in [3.8, 4) is 16.9 Å². The van der Waals surface area contributed by atoms with Crippen molar-refractivity contribution in [1.82, 2.24) is 4.98 Å². The Bertz CT molecular complexity index is 1550. The molecule has 248 valence electrons. The standard InChI is InChI=1S/C38H49FN2O5/c1-23(2)44-36(43)35(46-37(4,5)6)32-24(3)40-29(22-42)33(34(32)41-19-17-38(7,8)18-20-41)27-12-16-31-26(21-27)11-15-30(45-31)25-9-13-28(39)14-10-25/h9-10,12-14,16,21,23,30,35,42H,11,15,17-20,22H2,1-8H3/t30?,35-/m0/s1. The lowest BCUT2D eigenvalue weighted by Crippen LogP contribution is -2.39. The highest BCUT2D eigenvalue weighted by Gasteiger charge is 2.38. The van der Waals surface area contributed by atoms with Gasteiger partial charge in [0.1, 0.15) is 17.7 Å². The van der Waals surface area contributed by atoms with Gasteiger partial charge in [0.2, 0.25) is 0 Å². The van der Waals surface area contributed by atoms with E-state index in [9.17, 15) is 14.3 Å². The van der Waals surface area contributed by atoms with Gasteiger partial charge in [-0.2, -0.15) is 0 Å². The van der Waals surface area contributed by atoms with Crippen LogP contribution < -0.4 is 9.64 Å². The van der Waals surface area contributed by atoms with Crippen molar-refractivity contribution in [3.63, 3.8) is 0 Å². The average molecular weight is 633 g/mol. The fraction of sp³-hybridized carbons (Fsp3) is 0.526. The summed E-state index contributed by atoms with van der Waals surface area (Å²) in [5.74, 6) is 0.0590. The minimum Gasteiger partial charge on any atom is -0.485 e. The Kier molecular flexibility index (Phi) is 9.81. The summed E-state index contributed by atoms with van der Waals surface area (Å²) < 4.78 is 32.2. The monoisotopic (exact) mass is 632 g/mol. The van der Waals surface area contributed by atoms with Crippen LogP contribution in [-0.4, -0.2) is 40.9 Å². The van der Waals surface area contributed by atoms with Gasteiger partial charge in [-0.3, -0.25) is 4.98 Å². The Morgan fingerprint density at radius 3 is 2.41 bits per heavy atom. The summed E-state index contributed by atoms with van der Waals surface area (Å²) in [5, 5.41) is 10.7. The van der Waals surface area contributed by atoms with Crippen molar-refractivity contribution in [2.75, 3.05) is 18.0 Å². The number of aliphatic hydroxyl groups is 1. The SMILES string of the molecule is Cc1nc(CO)c(-c2ccc3c(c2)CCC(c2ccc(F)cc2)O3)c(N2CCC(C)(C)CC2)c1[C@H](OC(C)(C)C)C(=O)OC(C)C. The molecule has 0 spiro atoms. The molecule has 3 aromatic rings. The van der Waals surface area contributed by atoms with Crippen LogP contribution in [0.25, 0.3) is 11.1 Å². The number of hydrogen-bond acceptors (Lipinski definition) is 7. The highest BCUT2D eigenvalue weighted by molar-refractivity contribution is 5.89. The summed E-state index contributed by atoms with van der Waals surface area (Å²) in [4.78, 5) is 21.1. The zero-order valence-corrected chi connectivity index (χ0v) is 28.6. The molecule has 3 heterocycles. The third kappa shape index (κ3) is 7.55. The second-order valence-electron chi connectivity index (χ2n) is 14.7. The Hall–Kier alpha value is -3.49. The normalized spacial score (nSPS) is 18.6. The molecule has 2 aliphatic rings. The summed E-state index contributed by atoms with van der Waals surface area (Å²) in [6, 6.07) is 12.6. The topological polar surface area (TPSA) is 81.1 Å². The number of aromatic nitrogens is 1. The van der Waals surface area contributed by atoms with E-state index in [-0.39, 0.29) is 30.0 Å². The Morgan fingerprint density at radius 2 is 1.80 bits per heavy atom. The lowest BCUT2D eigenvalue weighted by Gasteiger charge is -2.41. The van der Waals surface area contributed by atoms with E-state index in [2.05, 4.69) is 24.8 Å². The van der Waals surface area contributed by atoms with Crippen LogP contribution in [0.1, 0.15) is 108 Å². The van der Waals surface area contributed by atoms with Gasteiger partial charge in [0.25, 0.3) is 0 Å². The Labute approximate surface area is 273 Å². The van der Waals surface area contributed by atoms with Crippen molar-refractivity contribution in [1.29, 1.82) is 0 Å². The van der Waals surface area contributed by atoms with E-state index < -0.39 is 17.7 Å². The maximum absolute atomic E-state index is 13.8. The molecule has 2 aromatic carbocycles. The lowest BCUT2D eigenvalue weighted by molar-refractivity contribution is -0.171. The van der Waals surface area contributed by atoms with Crippen LogP contribution in [0.3, 0.4) is 0 Å². The summed E-state index contributed by atoms with van der Waals surface area (Å²) in [6.45, 7) is 17.2. The van der Waals surface area contributed by atoms with Crippen LogP contribution >= 0.6 is 0 Å². The number of rotatable bonds is 8. The number of anilines is 1. The molecule has 7 nitrogen and oxygen atoms in total. The van der Waals surface area contributed by atoms with Crippen molar-refractivity contribution >= 4 is 11.7 Å². The van der Waals surface area contributed by atoms with Gasteiger partial charge in [-0.1, -0.05) is 32.0 Å². The van der Waals surface area contributed by atoms with Crippen LogP contribution in [0.4, 0.5) is 10.1 Å². The zero-order valence-electron chi connectivity index (χ0n) is 28.6. The molecule has 1 saturated heterocycles. The molecular formula is C38H49FN2O5. The van der Waals surface area contributed by atoms with E-state index in [0.717, 1.165) is 72.5 Å². The number of fused-ring (bicyclic) bond motifs is 1. The summed E-state index contributed by atoms with van der Waals surface area (Å²) >= 11 is 0. The third-order valence-corrected chi connectivity index (χ3v) is 8.89. The van der Waals surface area contributed by atoms with Gasteiger partial charge in [-0.25, -0.2) is 9.18 Å². The molecular weight excluding hydrogens is 583 g/mol. The number of esters is 1. The van der Waals surface area contributed by atoms with Gasteiger partial charge in [0, 0.05) is 29.9 Å². The van der Waals surface area contributed by atoms with E-state index >= 15 is 0 Å². The predicted octanol–water partition coefficient (Wildman–Crippen LogP) is 8.19. The number of ether oxygens (including phenoxy) is 3. The summed E-state index contributed by atoms with van der Waals surface area (Å²) in [5.41, 5.74) is 5.96. The second-order valence-corrected chi connectivity index (χ2v) is 14.7. The van der Waals surface area contributed by atoms with Gasteiger partial charge in [0.15, 0.2) is 6.10 Å². The first-order chi connectivity index (χ1) is 21.7. The number of piperidine rings is 1. The molecule has 2 aliphatic heterocycles. The maximum Gasteiger partial charge on any atom is 0.340 e. The van der Waals surface area contributed by atoms with Crippen molar-refractivity contribution in [3.05, 3.63) is 76.4 Å². The molecule has 46 heavy (non-hydrogen) atoms. The van der Waals surface area contributed by atoms with Gasteiger partial charge in [-0.05, 0) is 114 Å². The number of benzene rings is 2. The zero-order chi connectivity index (χ0) is 33.4. The smallest absolute Gasteiger partial charge is 0.340 e. The number of aryl methyl sites for hydroxylation is 2. The Balaban J connectivity index is 1.66. The molecule has 0 bridgehead atoms. The van der Waals surface area contributed by atoms with Crippen molar-refractivity contribution < 1.29 is 28.5 Å². The van der Waals surface area contributed by atoms with Crippen LogP contribution in [0.2, 0.25) is 0 Å². The molecule has 0 aliphatic carbocycles. The second kappa shape index (κ2) is 13.3. The fourth-order valence-electron chi connectivity index (χ4n) is 6.49. The van der Waals surface area contributed by atoms with Crippen LogP contribution in [0, 0.1) is 18.2 Å². The van der Waals surface area contributed by atoms with E-state index in [1.54, 1.807) is 12.1 Å². The maximum atomic E-state index is 13.8. The van der Waals surface area contributed by atoms with Gasteiger partial charge in [0.05, 0.1) is 29.7 Å². The molecule has 1 fully saturated rings. The van der Waals surface area contributed by atoms with E-state index in [1.165, 1.54) is 12.1 Å². The van der Waals surface area contributed by atoms with E-state index in [1.807, 2.05) is 53.7 Å². The number of nitrogens with zero attached hydrogens (tertiary/aromatic N) is 2. The van der Waals surface area contributed by atoms with E-state index in [0.29, 0.717) is 17.0 Å². The number of hydrogen-bond donors (Lipinski definition) is 1. The quantitative estimate of drug-likeness (QED) is 0.251.